The second kappa shape index (κ2) is 5.45. The zero-order valence-electron chi connectivity index (χ0n) is 11.2. The third-order valence-corrected chi connectivity index (χ3v) is 4.94. The van der Waals surface area contributed by atoms with E-state index in [1.54, 1.807) is 0 Å². The van der Waals surface area contributed by atoms with Crippen molar-refractivity contribution < 1.29 is 0 Å². The number of hydrogen-bond acceptors (Lipinski definition) is 2. The van der Waals surface area contributed by atoms with Crippen LogP contribution in [0.5, 0.6) is 0 Å². The fourth-order valence-electron chi connectivity index (χ4n) is 2.88. The lowest BCUT2D eigenvalue weighted by atomic mass is 9.81. The Morgan fingerprint density at radius 1 is 1.24 bits per heavy atom. The third kappa shape index (κ3) is 2.69. The van der Waals surface area contributed by atoms with E-state index in [1.807, 2.05) is 0 Å². The third-order valence-electron chi connectivity index (χ3n) is 3.58. The van der Waals surface area contributed by atoms with Crippen LogP contribution in [-0.2, 0) is 0 Å². The molecule has 1 nitrogen and oxygen atoms in total. The Bertz CT molecular complexity index is 375. The zero-order valence-corrected chi connectivity index (χ0v) is 12.1. The summed E-state index contributed by atoms with van der Waals surface area (Å²) in [6, 6.07) is 9.42. The van der Waals surface area contributed by atoms with Gasteiger partial charge in [-0.05, 0) is 35.8 Å². The molecule has 0 aliphatic heterocycles. The molecule has 0 radical (unpaired) electrons. The van der Waals surface area contributed by atoms with Gasteiger partial charge in [0.25, 0.3) is 0 Å². The Labute approximate surface area is 109 Å². The smallest absolute Gasteiger partial charge is 0.0441 e. The van der Waals surface area contributed by atoms with Gasteiger partial charge in [0.1, 0.15) is 0 Å². The molecule has 0 saturated carbocycles. The van der Waals surface area contributed by atoms with Gasteiger partial charge >= 0.3 is 0 Å². The summed E-state index contributed by atoms with van der Waals surface area (Å²) in [5.74, 6) is 0.687. The molecule has 2 heteroatoms. The SMILES string of the molecule is CNC1c2ccccc2C(C)CC1SC(C)C. The van der Waals surface area contributed by atoms with Crippen molar-refractivity contribution in [2.75, 3.05) is 7.05 Å². The summed E-state index contributed by atoms with van der Waals surface area (Å²) in [6.45, 7) is 6.95. The monoisotopic (exact) mass is 249 g/mol. The lowest BCUT2D eigenvalue weighted by Crippen LogP contribution is -2.34. The van der Waals surface area contributed by atoms with E-state index in [9.17, 15) is 0 Å². The van der Waals surface area contributed by atoms with Gasteiger partial charge in [0.15, 0.2) is 0 Å². The van der Waals surface area contributed by atoms with E-state index < -0.39 is 0 Å². The van der Waals surface area contributed by atoms with E-state index >= 15 is 0 Å². The minimum absolute atomic E-state index is 0.509. The van der Waals surface area contributed by atoms with Crippen LogP contribution in [0.2, 0.25) is 0 Å². The van der Waals surface area contributed by atoms with E-state index in [2.05, 4.69) is 69.2 Å². The molecule has 0 bridgehead atoms. The van der Waals surface area contributed by atoms with Gasteiger partial charge in [0, 0.05) is 11.3 Å². The minimum atomic E-state index is 0.509. The largest absolute Gasteiger partial charge is 0.312 e. The highest BCUT2D eigenvalue weighted by atomic mass is 32.2. The van der Waals surface area contributed by atoms with Crippen LogP contribution in [0.3, 0.4) is 0 Å². The van der Waals surface area contributed by atoms with Gasteiger partial charge in [-0.15, -0.1) is 0 Å². The Morgan fingerprint density at radius 2 is 1.88 bits per heavy atom. The standard InChI is InChI=1S/C15H23NS/c1-10(2)17-14-9-11(3)12-7-5-6-8-13(12)15(14)16-4/h5-8,10-11,14-16H,9H2,1-4H3. The van der Waals surface area contributed by atoms with Gasteiger partial charge in [-0.2, -0.15) is 11.8 Å². The van der Waals surface area contributed by atoms with Crippen molar-refractivity contribution in [2.45, 2.75) is 49.7 Å². The second-order valence-electron chi connectivity index (χ2n) is 5.26. The molecular formula is C15H23NS. The van der Waals surface area contributed by atoms with Crippen molar-refractivity contribution in [1.29, 1.82) is 0 Å². The molecule has 0 fully saturated rings. The van der Waals surface area contributed by atoms with Crippen LogP contribution in [0.4, 0.5) is 0 Å². The Hall–Kier alpha value is -0.470. The van der Waals surface area contributed by atoms with Gasteiger partial charge in [-0.3, -0.25) is 0 Å². The maximum Gasteiger partial charge on any atom is 0.0441 e. The molecular weight excluding hydrogens is 226 g/mol. The van der Waals surface area contributed by atoms with Crippen LogP contribution in [0.25, 0.3) is 0 Å². The van der Waals surface area contributed by atoms with E-state index in [1.165, 1.54) is 17.5 Å². The zero-order chi connectivity index (χ0) is 12.4. The van der Waals surface area contributed by atoms with E-state index in [0.717, 1.165) is 0 Å². The maximum absolute atomic E-state index is 3.52. The van der Waals surface area contributed by atoms with E-state index in [0.29, 0.717) is 22.5 Å². The topological polar surface area (TPSA) is 12.0 Å². The highest BCUT2D eigenvalue weighted by Crippen LogP contribution is 2.43. The van der Waals surface area contributed by atoms with Crippen LogP contribution in [0.15, 0.2) is 24.3 Å². The van der Waals surface area contributed by atoms with Crippen molar-refractivity contribution in [2.24, 2.45) is 0 Å². The summed E-state index contributed by atoms with van der Waals surface area (Å²) in [6.07, 6.45) is 1.28. The van der Waals surface area contributed by atoms with Crippen molar-refractivity contribution in [3.05, 3.63) is 35.4 Å². The summed E-state index contributed by atoms with van der Waals surface area (Å²) in [5, 5.41) is 4.92. The summed E-state index contributed by atoms with van der Waals surface area (Å²) >= 11 is 2.11. The van der Waals surface area contributed by atoms with Crippen LogP contribution in [0.1, 0.15) is 50.3 Å². The first-order valence-corrected chi connectivity index (χ1v) is 7.49. The molecule has 2 rings (SSSR count). The quantitative estimate of drug-likeness (QED) is 0.870. The fraction of sp³-hybridized carbons (Fsp3) is 0.600. The van der Waals surface area contributed by atoms with Crippen LogP contribution < -0.4 is 5.32 Å². The lowest BCUT2D eigenvalue weighted by molar-refractivity contribution is 0.472. The lowest BCUT2D eigenvalue weighted by Gasteiger charge is -2.37. The molecule has 0 spiro atoms. The summed E-state index contributed by atoms with van der Waals surface area (Å²) in [5.41, 5.74) is 3.04. The van der Waals surface area contributed by atoms with Gasteiger partial charge in [-0.25, -0.2) is 0 Å². The minimum Gasteiger partial charge on any atom is -0.312 e. The average molecular weight is 249 g/mol. The number of nitrogens with one attached hydrogen (secondary N) is 1. The average Bonchev–Trinajstić information content (AvgIpc) is 2.29. The molecule has 1 aromatic rings. The predicted molar refractivity (Wildman–Crippen MR) is 77.8 cm³/mol. The number of rotatable bonds is 3. The molecule has 0 aromatic heterocycles. The molecule has 0 saturated heterocycles. The van der Waals surface area contributed by atoms with Crippen LogP contribution in [0, 0.1) is 0 Å². The molecule has 94 valence electrons. The van der Waals surface area contributed by atoms with Gasteiger partial charge < -0.3 is 5.32 Å². The van der Waals surface area contributed by atoms with Crippen molar-refractivity contribution in [1.82, 2.24) is 5.32 Å². The summed E-state index contributed by atoms with van der Waals surface area (Å²) in [4.78, 5) is 0. The highest BCUT2D eigenvalue weighted by molar-refractivity contribution is 8.00. The van der Waals surface area contributed by atoms with Crippen LogP contribution in [-0.4, -0.2) is 17.5 Å². The summed E-state index contributed by atoms with van der Waals surface area (Å²) in [7, 11) is 2.09. The number of thioether (sulfide) groups is 1. The van der Waals surface area contributed by atoms with Gasteiger partial charge in [-0.1, -0.05) is 45.0 Å². The van der Waals surface area contributed by atoms with Gasteiger partial charge in [0.2, 0.25) is 0 Å². The second-order valence-corrected chi connectivity index (χ2v) is 7.08. The Morgan fingerprint density at radius 3 is 2.47 bits per heavy atom. The number of benzene rings is 1. The first-order valence-electron chi connectivity index (χ1n) is 6.55. The van der Waals surface area contributed by atoms with E-state index in [4.69, 9.17) is 0 Å². The van der Waals surface area contributed by atoms with E-state index in [-0.39, 0.29) is 0 Å². The maximum atomic E-state index is 3.52. The van der Waals surface area contributed by atoms with Crippen LogP contribution >= 0.6 is 11.8 Å². The number of fused-ring (bicyclic) bond motifs is 1. The molecule has 3 unspecified atom stereocenters. The molecule has 0 heterocycles. The Balaban J connectivity index is 2.31. The molecule has 1 N–H and O–H groups in total. The first-order chi connectivity index (χ1) is 8.13. The molecule has 1 aromatic carbocycles. The highest BCUT2D eigenvalue weighted by Gasteiger charge is 2.32. The first kappa shape index (κ1) is 13.0. The molecule has 0 amide bonds. The normalized spacial score (nSPS) is 28.2. The van der Waals surface area contributed by atoms with Gasteiger partial charge in [0.05, 0.1) is 0 Å². The summed E-state index contributed by atoms with van der Waals surface area (Å²) < 4.78 is 0. The molecule has 17 heavy (non-hydrogen) atoms. The predicted octanol–water partition coefficient (Wildman–Crippen LogP) is 3.96. The fourth-order valence-corrected chi connectivity index (χ4v) is 4.42. The van der Waals surface area contributed by atoms with Crippen molar-refractivity contribution in [3.8, 4) is 0 Å². The molecule has 1 aliphatic carbocycles. The Kier molecular flexibility index (Phi) is 4.16. The van der Waals surface area contributed by atoms with Crippen molar-refractivity contribution in [3.63, 3.8) is 0 Å². The van der Waals surface area contributed by atoms with Crippen molar-refractivity contribution >= 4 is 11.8 Å². The molecule has 3 atom stereocenters. The molecule has 1 aliphatic rings. The number of hydrogen-bond donors (Lipinski definition) is 1.